The van der Waals surface area contributed by atoms with Crippen molar-refractivity contribution in [3.05, 3.63) is 60.2 Å². The normalized spacial score (nSPS) is 13.2. The van der Waals surface area contributed by atoms with Gasteiger partial charge in [0.05, 0.1) is 17.2 Å². The van der Waals surface area contributed by atoms with Crippen LogP contribution in [0.4, 0.5) is 0 Å². The van der Waals surface area contributed by atoms with E-state index in [1.807, 2.05) is 41.3 Å². The summed E-state index contributed by atoms with van der Waals surface area (Å²) in [5.41, 5.74) is 3.31. The molecule has 0 bridgehead atoms. The molecule has 0 aliphatic carbocycles. The molecule has 1 aliphatic heterocycles. The lowest BCUT2D eigenvalue weighted by molar-refractivity contribution is 0.322. The molecule has 1 N–H and O–H groups in total. The molecule has 4 aromatic rings. The van der Waals surface area contributed by atoms with Crippen molar-refractivity contribution in [3.8, 4) is 22.0 Å². The van der Waals surface area contributed by atoms with Crippen LogP contribution in [0.3, 0.4) is 0 Å². The molecular weight excluding hydrogens is 404 g/mol. The molecule has 0 unspecified atom stereocenters. The maximum Gasteiger partial charge on any atom is 0.161 e. The summed E-state index contributed by atoms with van der Waals surface area (Å²) < 4.78 is 1.30. The van der Waals surface area contributed by atoms with Crippen LogP contribution in [0, 0.1) is 0 Å². The van der Waals surface area contributed by atoms with Crippen LogP contribution in [-0.4, -0.2) is 33.2 Å². The Kier molecular flexibility index (Phi) is 5.11. The van der Waals surface area contributed by atoms with E-state index in [-0.39, 0.29) is 6.61 Å². The second kappa shape index (κ2) is 7.87. The molecule has 0 spiro atoms. The van der Waals surface area contributed by atoms with Gasteiger partial charge in [-0.15, -0.1) is 34.9 Å². The number of fused-ring (bicyclic) bond motifs is 5. The van der Waals surface area contributed by atoms with Gasteiger partial charge in [0.2, 0.25) is 0 Å². The minimum atomic E-state index is 0.146. The average Bonchev–Trinajstić information content (AvgIpc) is 3.01. The summed E-state index contributed by atoms with van der Waals surface area (Å²) in [5.74, 6) is 2.42. The lowest BCUT2D eigenvalue weighted by atomic mass is 10.1. The first-order valence-electron chi connectivity index (χ1n) is 9.20. The topological polar surface area (TPSA) is 46.0 Å². The Morgan fingerprint density at radius 1 is 1.00 bits per heavy atom. The van der Waals surface area contributed by atoms with E-state index in [1.165, 1.54) is 25.4 Å². The Labute approximate surface area is 176 Å². The Bertz CT molecular complexity index is 1140. The highest BCUT2D eigenvalue weighted by atomic mass is 32.2. The predicted octanol–water partition coefficient (Wildman–Crippen LogP) is 5.76. The first kappa shape index (κ1) is 18.2. The van der Waals surface area contributed by atoms with Gasteiger partial charge in [-0.25, -0.2) is 9.97 Å². The number of hydrogen-bond donors (Lipinski definition) is 1. The molecule has 0 radical (unpaired) electrons. The molecule has 5 rings (SSSR count). The molecule has 0 saturated carbocycles. The first-order valence-corrected chi connectivity index (χ1v) is 12.0. The second-order valence-corrected chi connectivity index (χ2v) is 9.71. The zero-order valence-corrected chi connectivity index (χ0v) is 17.5. The monoisotopic (exact) mass is 422 g/mol. The minimum absolute atomic E-state index is 0.146. The molecule has 0 amide bonds. The van der Waals surface area contributed by atoms with E-state index in [1.54, 1.807) is 11.8 Å². The number of hydrogen-bond acceptors (Lipinski definition) is 6. The third kappa shape index (κ3) is 3.24. The number of aromatic nitrogens is 2. The first-order chi connectivity index (χ1) is 13.8. The van der Waals surface area contributed by atoms with Gasteiger partial charge in [-0.2, -0.15) is 0 Å². The summed E-state index contributed by atoms with van der Waals surface area (Å²) in [5, 5.41) is 11.7. The van der Waals surface area contributed by atoms with Crippen molar-refractivity contribution in [2.75, 3.05) is 18.1 Å². The smallest absolute Gasteiger partial charge is 0.161 e. The standard InChI is InChI=1S/C22H18N2OS3/c25-11-13-27-22-16-10-12-26-19-15-8-4-5-9-17(15)28-20(19)18(16)23-21(24-22)14-6-2-1-3-7-14/h1-9,25H,10-13H2. The molecular formula is C22H18N2OS3. The van der Waals surface area contributed by atoms with Crippen molar-refractivity contribution in [2.24, 2.45) is 0 Å². The fourth-order valence-electron chi connectivity index (χ4n) is 3.43. The lowest BCUT2D eigenvalue weighted by Gasteiger charge is -2.13. The number of nitrogens with zero attached hydrogens (tertiary/aromatic N) is 2. The van der Waals surface area contributed by atoms with Crippen LogP contribution < -0.4 is 0 Å². The predicted molar refractivity (Wildman–Crippen MR) is 121 cm³/mol. The molecule has 0 atom stereocenters. The van der Waals surface area contributed by atoms with Gasteiger partial charge in [0.1, 0.15) is 5.03 Å². The summed E-state index contributed by atoms with van der Waals surface area (Å²) in [6, 6.07) is 18.8. The van der Waals surface area contributed by atoms with Crippen LogP contribution in [0.5, 0.6) is 0 Å². The van der Waals surface area contributed by atoms with Crippen LogP contribution in [0.15, 0.2) is 64.5 Å². The summed E-state index contributed by atoms with van der Waals surface area (Å²) in [6.45, 7) is 0.146. The highest BCUT2D eigenvalue weighted by molar-refractivity contribution is 8.00. The van der Waals surface area contributed by atoms with Gasteiger partial charge in [-0.1, -0.05) is 48.5 Å². The van der Waals surface area contributed by atoms with E-state index in [9.17, 15) is 5.11 Å². The fraction of sp³-hybridized carbons (Fsp3) is 0.182. The van der Waals surface area contributed by atoms with Crippen molar-refractivity contribution >= 4 is 44.9 Å². The lowest BCUT2D eigenvalue weighted by Crippen LogP contribution is -2.03. The van der Waals surface area contributed by atoms with Gasteiger partial charge in [-0.3, -0.25) is 0 Å². The van der Waals surface area contributed by atoms with Crippen LogP contribution in [0.1, 0.15) is 5.56 Å². The van der Waals surface area contributed by atoms with Gasteiger partial charge in [0, 0.05) is 37.6 Å². The molecule has 0 fully saturated rings. The molecule has 2 aromatic heterocycles. The Morgan fingerprint density at radius 3 is 2.68 bits per heavy atom. The van der Waals surface area contributed by atoms with Gasteiger partial charge in [0.15, 0.2) is 5.82 Å². The van der Waals surface area contributed by atoms with Crippen molar-refractivity contribution in [3.63, 3.8) is 0 Å². The third-order valence-corrected chi connectivity index (χ3v) is 8.12. The maximum absolute atomic E-state index is 9.36. The van der Waals surface area contributed by atoms with Gasteiger partial charge in [0.25, 0.3) is 0 Å². The molecule has 28 heavy (non-hydrogen) atoms. The maximum atomic E-state index is 9.36. The van der Waals surface area contributed by atoms with Crippen LogP contribution >= 0.6 is 34.9 Å². The zero-order chi connectivity index (χ0) is 18.9. The van der Waals surface area contributed by atoms with E-state index in [0.717, 1.165) is 34.3 Å². The molecule has 3 heterocycles. The summed E-state index contributed by atoms with van der Waals surface area (Å²) >= 11 is 5.37. The fourth-order valence-corrected chi connectivity index (χ4v) is 6.79. The van der Waals surface area contributed by atoms with E-state index in [4.69, 9.17) is 9.97 Å². The highest BCUT2D eigenvalue weighted by Gasteiger charge is 2.25. The Balaban J connectivity index is 1.76. The molecule has 2 aromatic carbocycles. The van der Waals surface area contributed by atoms with Crippen molar-refractivity contribution in [1.29, 1.82) is 0 Å². The van der Waals surface area contributed by atoms with E-state index >= 15 is 0 Å². The van der Waals surface area contributed by atoms with Crippen molar-refractivity contribution in [2.45, 2.75) is 16.3 Å². The number of benzene rings is 2. The van der Waals surface area contributed by atoms with E-state index in [0.29, 0.717) is 5.75 Å². The van der Waals surface area contributed by atoms with Gasteiger partial charge >= 0.3 is 0 Å². The number of thiophene rings is 1. The number of aliphatic hydroxyl groups is 1. The zero-order valence-electron chi connectivity index (χ0n) is 15.1. The van der Waals surface area contributed by atoms with Gasteiger partial charge < -0.3 is 5.11 Å². The minimum Gasteiger partial charge on any atom is -0.396 e. The Hall–Kier alpha value is -1.86. The summed E-state index contributed by atoms with van der Waals surface area (Å²) in [7, 11) is 0. The number of aliphatic hydroxyl groups excluding tert-OH is 1. The van der Waals surface area contributed by atoms with Crippen molar-refractivity contribution in [1.82, 2.24) is 9.97 Å². The third-order valence-electron chi connectivity index (χ3n) is 4.69. The van der Waals surface area contributed by atoms with E-state index in [2.05, 4.69) is 36.4 Å². The molecule has 0 saturated heterocycles. The Morgan fingerprint density at radius 2 is 1.82 bits per heavy atom. The van der Waals surface area contributed by atoms with Crippen LogP contribution in [-0.2, 0) is 6.42 Å². The SMILES string of the molecule is OCCSc1nc(-c2ccccc2)nc2c1CCSc1c-2sc2ccccc12. The average molecular weight is 423 g/mol. The van der Waals surface area contributed by atoms with Crippen LogP contribution in [0.2, 0.25) is 0 Å². The molecule has 1 aliphatic rings. The molecule has 3 nitrogen and oxygen atoms in total. The largest absolute Gasteiger partial charge is 0.396 e. The second-order valence-electron chi connectivity index (χ2n) is 6.47. The molecule has 6 heteroatoms. The molecule has 140 valence electrons. The highest BCUT2D eigenvalue weighted by Crippen LogP contribution is 2.48. The number of thioether (sulfide) groups is 2. The summed E-state index contributed by atoms with van der Waals surface area (Å²) in [6.07, 6.45) is 0.943. The van der Waals surface area contributed by atoms with E-state index < -0.39 is 0 Å². The number of rotatable bonds is 4. The van der Waals surface area contributed by atoms with Gasteiger partial charge in [-0.05, 0) is 12.5 Å². The summed E-state index contributed by atoms with van der Waals surface area (Å²) in [4.78, 5) is 12.6. The quantitative estimate of drug-likeness (QED) is 0.335. The van der Waals surface area contributed by atoms with Crippen molar-refractivity contribution < 1.29 is 5.11 Å². The van der Waals surface area contributed by atoms with Crippen LogP contribution in [0.25, 0.3) is 32.0 Å².